The summed E-state index contributed by atoms with van der Waals surface area (Å²) in [5, 5.41) is 8.01. The first kappa shape index (κ1) is 15.6. The van der Waals surface area contributed by atoms with Crippen LogP contribution in [0.3, 0.4) is 0 Å². The van der Waals surface area contributed by atoms with Gasteiger partial charge in [0.1, 0.15) is 17.2 Å². The van der Waals surface area contributed by atoms with Crippen LogP contribution in [0.5, 0.6) is 11.5 Å². The highest BCUT2D eigenvalue weighted by molar-refractivity contribution is 6.32. The summed E-state index contributed by atoms with van der Waals surface area (Å²) >= 11 is 6.02. The lowest BCUT2D eigenvalue weighted by Crippen LogP contribution is -2.12. The Kier molecular flexibility index (Phi) is 4.47. The second-order valence-electron chi connectivity index (χ2n) is 4.04. The first-order valence-electron chi connectivity index (χ1n) is 5.94. The third kappa shape index (κ3) is 3.09. The summed E-state index contributed by atoms with van der Waals surface area (Å²) in [6.45, 7) is 0. The zero-order chi connectivity index (χ0) is 16.3. The van der Waals surface area contributed by atoms with Gasteiger partial charge in [-0.05, 0) is 6.07 Å². The lowest BCUT2D eigenvalue weighted by molar-refractivity contribution is 0.395. The van der Waals surface area contributed by atoms with E-state index in [1.165, 1.54) is 20.3 Å². The summed E-state index contributed by atoms with van der Waals surface area (Å²) < 4.78 is 10.2. The van der Waals surface area contributed by atoms with E-state index in [0.717, 1.165) is 0 Å². The van der Waals surface area contributed by atoms with Crippen molar-refractivity contribution >= 4 is 34.7 Å². The molecule has 2 aromatic rings. The Balaban J connectivity index is 2.47. The third-order valence-electron chi connectivity index (χ3n) is 2.65. The van der Waals surface area contributed by atoms with E-state index in [9.17, 15) is 4.79 Å². The van der Waals surface area contributed by atoms with Crippen LogP contribution in [0.25, 0.3) is 0 Å². The molecular formula is C12H13ClN6O3. The molecule has 0 radical (unpaired) electrons. The molecule has 116 valence electrons. The Morgan fingerprint density at radius 3 is 2.45 bits per heavy atom. The number of aromatic amines is 1. The highest BCUT2D eigenvalue weighted by atomic mass is 35.5. The van der Waals surface area contributed by atoms with Crippen molar-refractivity contribution in [2.45, 2.75) is 0 Å². The van der Waals surface area contributed by atoms with Crippen LogP contribution in [0.4, 0.5) is 23.1 Å². The molecule has 0 fully saturated rings. The molecule has 22 heavy (non-hydrogen) atoms. The minimum atomic E-state index is -0.604. The van der Waals surface area contributed by atoms with Gasteiger partial charge in [-0.1, -0.05) is 11.6 Å². The van der Waals surface area contributed by atoms with E-state index in [0.29, 0.717) is 22.2 Å². The second kappa shape index (κ2) is 6.31. The standard InChI is InChI=1S/C12H13ClN6O3/c1-21-7-4-8(22-2)6(3-5(7)13)18-19-9-10(14)16-12(15)17-11(9)20/h3-4H,1-2H3,(H5,14,15,16,17,20). The number of nitrogens with zero attached hydrogens (tertiary/aromatic N) is 3. The van der Waals surface area contributed by atoms with Crippen molar-refractivity contribution in [2.24, 2.45) is 10.2 Å². The van der Waals surface area contributed by atoms with Gasteiger partial charge < -0.3 is 20.9 Å². The van der Waals surface area contributed by atoms with Crippen LogP contribution in [0, 0.1) is 0 Å². The van der Waals surface area contributed by atoms with Gasteiger partial charge in [0.15, 0.2) is 11.5 Å². The second-order valence-corrected chi connectivity index (χ2v) is 4.45. The number of hydrogen-bond acceptors (Lipinski definition) is 8. The van der Waals surface area contributed by atoms with Gasteiger partial charge in [-0.15, -0.1) is 10.2 Å². The smallest absolute Gasteiger partial charge is 0.282 e. The van der Waals surface area contributed by atoms with Gasteiger partial charge in [0.25, 0.3) is 5.56 Å². The molecule has 0 aliphatic heterocycles. The highest BCUT2D eigenvalue weighted by Crippen LogP contribution is 2.38. The summed E-state index contributed by atoms with van der Waals surface area (Å²) in [7, 11) is 2.93. The maximum Gasteiger partial charge on any atom is 0.282 e. The zero-order valence-corrected chi connectivity index (χ0v) is 12.5. The van der Waals surface area contributed by atoms with Crippen LogP contribution in [-0.2, 0) is 0 Å². The molecule has 0 atom stereocenters. The number of methoxy groups -OCH3 is 2. The Morgan fingerprint density at radius 2 is 1.86 bits per heavy atom. The predicted octanol–water partition coefficient (Wildman–Crippen LogP) is 2.02. The molecule has 0 spiro atoms. The Labute approximate surface area is 129 Å². The van der Waals surface area contributed by atoms with Crippen LogP contribution in [0.15, 0.2) is 27.2 Å². The molecule has 9 nitrogen and oxygen atoms in total. The predicted molar refractivity (Wildman–Crippen MR) is 82.4 cm³/mol. The number of anilines is 2. The lowest BCUT2D eigenvalue weighted by Gasteiger charge is -2.08. The van der Waals surface area contributed by atoms with Crippen LogP contribution < -0.4 is 26.5 Å². The molecule has 0 unspecified atom stereocenters. The van der Waals surface area contributed by atoms with Crippen molar-refractivity contribution in [1.82, 2.24) is 9.97 Å². The van der Waals surface area contributed by atoms with E-state index in [4.69, 9.17) is 32.5 Å². The van der Waals surface area contributed by atoms with Crippen molar-refractivity contribution in [3.63, 3.8) is 0 Å². The molecule has 0 saturated carbocycles. The first-order valence-corrected chi connectivity index (χ1v) is 6.32. The Hall–Kier alpha value is -2.81. The van der Waals surface area contributed by atoms with Gasteiger partial charge in [0, 0.05) is 6.07 Å². The third-order valence-corrected chi connectivity index (χ3v) is 2.95. The largest absolute Gasteiger partial charge is 0.495 e. The van der Waals surface area contributed by atoms with Gasteiger partial charge in [0.2, 0.25) is 5.95 Å². The van der Waals surface area contributed by atoms with E-state index in [2.05, 4.69) is 20.2 Å². The summed E-state index contributed by atoms with van der Waals surface area (Å²) in [4.78, 5) is 17.7. The molecule has 1 heterocycles. The summed E-state index contributed by atoms with van der Waals surface area (Å²) in [5.41, 5.74) is 10.5. The fourth-order valence-corrected chi connectivity index (χ4v) is 1.86. The molecule has 0 aliphatic carbocycles. The van der Waals surface area contributed by atoms with Crippen molar-refractivity contribution in [3.05, 3.63) is 27.5 Å². The van der Waals surface area contributed by atoms with Crippen LogP contribution in [0.2, 0.25) is 5.02 Å². The number of halogens is 1. The molecule has 2 rings (SSSR count). The van der Waals surface area contributed by atoms with Crippen LogP contribution >= 0.6 is 11.6 Å². The molecular weight excluding hydrogens is 312 g/mol. The number of nitrogens with one attached hydrogen (secondary N) is 1. The molecule has 0 saturated heterocycles. The molecule has 0 amide bonds. The number of hydrogen-bond donors (Lipinski definition) is 3. The van der Waals surface area contributed by atoms with Crippen molar-refractivity contribution in [2.75, 3.05) is 25.7 Å². The number of rotatable bonds is 4. The summed E-state index contributed by atoms with van der Waals surface area (Å²) in [6, 6.07) is 3.03. The number of ether oxygens (including phenoxy) is 2. The van der Waals surface area contributed by atoms with Crippen LogP contribution in [-0.4, -0.2) is 24.2 Å². The van der Waals surface area contributed by atoms with Gasteiger partial charge >= 0.3 is 0 Å². The number of H-pyrrole nitrogens is 1. The number of nitrogen functional groups attached to an aromatic ring is 2. The van der Waals surface area contributed by atoms with Gasteiger partial charge in [-0.3, -0.25) is 9.78 Å². The number of benzene rings is 1. The summed E-state index contributed by atoms with van der Waals surface area (Å²) in [5.74, 6) is 0.544. The van der Waals surface area contributed by atoms with E-state index < -0.39 is 5.56 Å². The lowest BCUT2D eigenvalue weighted by atomic mass is 10.3. The number of azo groups is 1. The van der Waals surface area contributed by atoms with Gasteiger partial charge in [0.05, 0.1) is 19.2 Å². The fraction of sp³-hybridized carbons (Fsp3) is 0.167. The van der Waals surface area contributed by atoms with E-state index in [-0.39, 0.29) is 17.5 Å². The highest BCUT2D eigenvalue weighted by Gasteiger charge is 2.11. The van der Waals surface area contributed by atoms with Gasteiger partial charge in [-0.25, -0.2) is 0 Å². The van der Waals surface area contributed by atoms with Crippen molar-refractivity contribution in [1.29, 1.82) is 0 Å². The molecule has 0 aliphatic rings. The SMILES string of the molecule is COc1cc(OC)c(N=Nc2c(N)nc(N)[nH]c2=O)cc1Cl. The van der Waals surface area contributed by atoms with E-state index >= 15 is 0 Å². The topological polar surface area (TPSA) is 141 Å². The van der Waals surface area contributed by atoms with Crippen LogP contribution in [0.1, 0.15) is 0 Å². The fourth-order valence-electron chi connectivity index (χ4n) is 1.63. The minimum Gasteiger partial charge on any atom is -0.495 e. The Bertz CT molecular complexity index is 789. The molecule has 1 aromatic carbocycles. The maximum absolute atomic E-state index is 11.7. The normalized spacial score (nSPS) is 10.9. The molecule has 5 N–H and O–H groups in total. The number of nitrogens with two attached hydrogens (primary N) is 2. The molecule has 1 aromatic heterocycles. The van der Waals surface area contributed by atoms with Crippen molar-refractivity contribution < 1.29 is 9.47 Å². The monoisotopic (exact) mass is 324 g/mol. The summed E-state index contributed by atoms with van der Waals surface area (Å²) in [6.07, 6.45) is 0. The molecule has 0 bridgehead atoms. The van der Waals surface area contributed by atoms with E-state index in [1.807, 2.05) is 0 Å². The van der Waals surface area contributed by atoms with Crippen molar-refractivity contribution in [3.8, 4) is 11.5 Å². The minimum absolute atomic E-state index is 0.105. The maximum atomic E-state index is 11.7. The quantitative estimate of drug-likeness (QED) is 0.734. The zero-order valence-electron chi connectivity index (χ0n) is 11.8. The number of aromatic nitrogens is 2. The van der Waals surface area contributed by atoms with Gasteiger partial charge in [-0.2, -0.15) is 4.98 Å². The first-order chi connectivity index (χ1) is 10.5. The molecule has 10 heteroatoms. The average Bonchev–Trinajstić information content (AvgIpc) is 2.46. The average molecular weight is 325 g/mol. The Morgan fingerprint density at radius 1 is 1.18 bits per heavy atom. The van der Waals surface area contributed by atoms with E-state index in [1.54, 1.807) is 6.07 Å².